The van der Waals surface area contributed by atoms with E-state index in [1.807, 2.05) is 13.1 Å². The summed E-state index contributed by atoms with van der Waals surface area (Å²) in [5, 5.41) is 12.2. The highest BCUT2D eigenvalue weighted by Crippen LogP contribution is 2.49. The molecular weight excluding hydrogens is 476 g/mol. The maximum Gasteiger partial charge on any atom is 0.306 e. The Morgan fingerprint density at radius 2 is 1.63 bits per heavy atom. The Morgan fingerprint density at radius 1 is 0.974 bits per heavy atom. The van der Waals surface area contributed by atoms with Crippen molar-refractivity contribution in [3.05, 3.63) is 46.8 Å². The number of Topliss-reactive ketones (excluding diaryl/α,β-unsaturated/α-hetero) is 1. The fourth-order valence-corrected chi connectivity index (χ4v) is 6.13. The molecule has 3 aliphatic carbocycles. The van der Waals surface area contributed by atoms with Crippen molar-refractivity contribution in [1.82, 2.24) is 9.88 Å². The molecule has 0 spiro atoms. The van der Waals surface area contributed by atoms with Gasteiger partial charge >= 0.3 is 5.97 Å². The minimum absolute atomic E-state index is 0.0128. The molecule has 3 aliphatic rings. The lowest BCUT2D eigenvalue weighted by Crippen LogP contribution is -2.47. The van der Waals surface area contributed by atoms with Gasteiger partial charge in [-0.15, -0.1) is 0 Å². The highest BCUT2D eigenvalue weighted by molar-refractivity contribution is 6.06. The molecule has 1 amide bonds. The van der Waals surface area contributed by atoms with Crippen molar-refractivity contribution >= 4 is 17.7 Å². The topological polar surface area (TPSA) is 88.4 Å². The molecule has 1 aromatic carbocycles. The zero-order chi connectivity index (χ0) is 27.4. The van der Waals surface area contributed by atoms with Crippen molar-refractivity contribution in [1.29, 1.82) is 0 Å². The molecule has 0 bridgehead atoms. The number of amides is 1. The summed E-state index contributed by atoms with van der Waals surface area (Å²) in [6.45, 7) is 8.95. The Hall–Kier alpha value is -2.89. The number of nitrogens with zero attached hydrogens (tertiary/aromatic N) is 1. The fraction of sp³-hybridized carbons (Fsp3) is 0.594. The lowest BCUT2D eigenvalue weighted by Gasteiger charge is -2.32. The molecule has 0 saturated heterocycles. The van der Waals surface area contributed by atoms with Gasteiger partial charge in [-0.25, -0.2) is 0 Å². The van der Waals surface area contributed by atoms with Crippen LogP contribution in [0.5, 0.6) is 0 Å². The van der Waals surface area contributed by atoms with Gasteiger partial charge in [0.2, 0.25) is 0 Å². The highest BCUT2D eigenvalue weighted by Gasteiger charge is 2.40. The molecule has 1 aromatic heterocycles. The van der Waals surface area contributed by atoms with E-state index in [1.54, 1.807) is 4.57 Å². The summed E-state index contributed by atoms with van der Waals surface area (Å²) in [7, 11) is 1.83. The largest absolute Gasteiger partial charge is 0.481 e. The van der Waals surface area contributed by atoms with E-state index in [0.717, 1.165) is 49.7 Å². The molecule has 1 heterocycles. The molecule has 2 aromatic rings. The van der Waals surface area contributed by atoms with Gasteiger partial charge in [0.1, 0.15) is 5.69 Å². The lowest BCUT2D eigenvalue weighted by molar-refractivity contribution is -0.145. The summed E-state index contributed by atoms with van der Waals surface area (Å²) in [6.07, 6.45) is 8.32. The molecule has 3 saturated carbocycles. The molecule has 0 unspecified atom stereocenters. The molecule has 0 aliphatic heterocycles. The third kappa shape index (κ3) is 5.06. The zero-order valence-electron chi connectivity index (χ0n) is 23.5. The number of carbonyl (C=O) groups excluding carboxylic acids is 2. The maximum atomic E-state index is 14.0. The Bertz CT molecular complexity index is 1240. The number of aromatic nitrogens is 1. The van der Waals surface area contributed by atoms with Gasteiger partial charge < -0.3 is 15.0 Å². The Balaban J connectivity index is 1.57. The van der Waals surface area contributed by atoms with Gasteiger partial charge in [0.25, 0.3) is 5.91 Å². The van der Waals surface area contributed by atoms with E-state index < -0.39 is 11.9 Å². The van der Waals surface area contributed by atoms with E-state index >= 15 is 0 Å². The zero-order valence-corrected chi connectivity index (χ0v) is 23.5. The average molecular weight is 519 g/mol. The molecular formula is C32H42N2O4. The molecule has 38 heavy (non-hydrogen) atoms. The van der Waals surface area contributed by atoms with Crippen molar-refractivity contribution < 1.29 is 19.5 Å². The minimum Gasteiger partial charge on any atom is -0.481 e. The van der Waals surface area contributed by atoms with E-state index in [0.29, 0.717) is 24.2 Å². The van der Waals surface area contributed by atoms with Crippen molar-refractivity contribution in [2.75, 3.05) is 0 Å². The maximum absolute atomic E-state index is 14.0. The molecule has 6 nitrogen and oxygen atoms in total. The van der Waals surface area contributed by atoms with Crippen LogP contribution < -0.4 is 5.32 Å². The SMILES string of the molecule is Cn1c(C(=O)NC2CC(C(=O)O)C2)cc(-c2cc(C(C)(C)C)cc(C3(C)CC3)c2)c1C(=O)C1CCCCC1. The number of rotatable bonds is 7. The molecule has 3 fully saturated rings. The van der Waals surface area contributed by atoms with Crippen LogP contribution in [0, 0.1) is 11.8 Å². The smallest absolute Gasteiger partial charge is 0.306 e. The number of carboxylic acid groups (broad SMARTS) is 1. The number of benzene rings is 1. The van der Waals surface area contributed by atoms with E-state index in [1.165, 1.54) is 17.5 Å². The molecule has 2 N–H and O–H groups in total. The van der Waals surface area contributed by atoms with E-state index in [9.17, 15) is 19.5 Å². The number of carboxylic acids is 1. The van der Waals surface area contributed by atoms with Crippen LogP contribution in [0.4, 0.5) is 0 Å². The second-order valence-corrected chi connectivity index (χ2v) is 13.3. The normalized spacial score (nSPS) is 23.0. The number of carbonyl (C=O) groups is 3. The highest BCUT2D eigenvalue weighted by atomic mass is 16.4. The first-order chi connectivity index (χ1) is 17.9. The first kappa shape index (κ1) is 26.7. The first-order valence-electron chi connectivity index (χ1n) is 14.3. The van der Waals surface area contributed by atoms with Crippen LogP contribution in [0.3, 0.4) is 0 Å². The molecule has 0 atom stereocenters. The van der Waals surface area contributed by atoms with Crippen molar-refractivity contribution in [3.8, 4) is 11.1 Å². The van der Waals surface area contributed by atoms with Crippen LogP contribution in [-0.2, 0) is 22.7 Å². The van der Waals surface area contributed by atoms with Gasteiger partial charge in [-0.05, 0) is 72.1 Å². The van der Waals surface area contributed by atoms with E-state index in [2.05, 4.69) is 51.2 Å². The monoisotopic (exact) mass is 518 g/mol. The van der Waals surface area contributed by atoms with Crippen LogP contribution >= 0.6 is 0 Å². The number of aliphatic carboxylic acids is 1. The average Bonchev–Trinajstić information content (AvgIpc) is 3.51. The fourth-order valence-electron chi connectivity index (χ4n) is 6.13. The predicted molar refractivity (Wildman–Crippen MR) is 149 cm³/mol. The second kappa shape index (κ2) is 9.69. The summed E-state index contributed by atoms with van der Waals surface area (Å²) >= 11 is 0. The summed E-state index contributed by atoms with van der Waals surface area (Å²) in [4.78, 5) is 38.6. The van der Waals surface area contributed by atoms with Gasteiger partial charge in [-0.1, -0.05) is 65.2 Å². The summed E-state index contributed by atoms with van der Waals surface area (Å²) in [5.74, 6) is -1.32. The van der Waals surface area contributed by atoms with Gasteiger partial charge in [0.15, 0.2) is 5.78 Å². The Morgan fingerprint density at radius 3 is 2.21 bits per heavy atom. The third-order valence-electron chi connectivity index (χ3n) is 9.30. The summed E-state index contributed by atoms with van der Waals surface area (Å²) < 4.78 is 1.79. The Kier molecular flexibility index (Phi) is 6.81. The van der Waals surface area contributed by atoms with Crippen LogP contribution in [0.2, 0.25) is 0 Å². The number of ketones is 1. The van der Waals surface area contributed by atoms with E-state index in [4.69, 9.17) is 0 Å². The quantitative estimate of drug-likeness (QED) is 0.415. The predicted octanol–water partition coefficient (Wildman–Crippen LogP) is 6.40. The number of hydrogen-bond acceptors (Lipinski definition) is 3. The van der Waals surface area contributed by atoms with Crippen LogP contribution in [0.1, 0.15) is 118 Å². The number of nitrogens with one attached hydrogen (secondary N) is 1. The second-order valence-electron chi connectivity index (χ2n) is 13.3. The van der Waals surface area contributed by atoms with Crippen LogP contribution in [0.25, 0.3) is 11.1 Å². The summed E-state index contributed by atoms with van der Waals surface area (Å²) in [6, 6.07) is 8.50. The number of hydrogen-bond donors (Lipinski definition) is 2. The molecule has 5 rings (SSSR count). The molecule has 204 valence electrons. The molecule has 6 heteroatoms. The first-order valence-corrected chi connectivity index (χ1v) is 14.3. The van der Waals surface area contributed by atoms with E-state index in [-0.39, 0.29) is 34.5 Å². The van der Waals surface area contributed by atoms with Crippen molar-refractivity contribution in [2.24, 2.45) is 18.9 Å². The standard InChI is InChI=1S/C32H42N2O4/c1-31(2,3)22-13-20(14-23(17-22)32(4)11-12-32)25-18-26(29(36)33-24-15-21(16-24)30(37)38)34(5)27(25)28(35)19-9-7-6-8-10-19/h13-14,17-19,21,24H,6-12,15-16H2,1-5H3,(H,33,36)(H,37,38). The van der Waals surface area contributed by atoms with Crippen molar-refractivity contribution in [3.63, 3.8) is 0 Å². The van der Waals surface area contributed by atoms with Crippen molar-refractivity contribution in [2.45, 2.75) is 102 Å². The van der Waals surface area contributed by atoms with Gasteiger partial charge in [0.05, 0.1) is 11.6 Å². The third-order valence-corrected chi connectivity index (χ3v) is 9.30. The van der Waals surface area contributed by atoms with Crippen LogP contribution in [-0.4, -0.2) is 33.4 Å². The molecule has 0 radical (unpaired) electrons. The van der Waals surface area contributed by atoms with Gasteiger partial charge in [0, 0.05) is 24.6 Å². The lowest BCUT2D eigenvalue weighted by atomic mass is 9.80. The Labute approximate surface area is 226 Å². The summed E-state index contributed by atoms with van der Waals surface area (Å²) in [5.41, 5.74) is 5.58. The van der Waals surface area contributed by atoms with Gasteiger partial charge in [-0.2, -0.15) is 0 Å². The van der Waals surface area contributed by atoms with Crippen LogP contribution in [0.15, 0.2) is 24.3 Å². The van der Waals surface area contributed by atoms with Gasteiger partial charge in [-0.3, -0.25) is 14.4 Å². The minimum atomic E-state index is -0.809.